The second kappa shape index (κ2) is 9.71. The molecule has 0 fully saturated rings. The minimum Gasteiger partial charge on any atom is -0.490 e. The summed E-state index contributed by atoms with van der Waals surface area (Å²) < 4.78 is 20.1. The third kappa shape index (κ3) is 5.54. The van der Waals surface area contributed by atoms with E-state index >= 15 is 0 Å². The molecule has 6 heteroatoms. The van der Waals surface area contributed by atoms with Crippen LogP contribution in [-0.2, 0) is 0 Å². The number of carbonyl (C=O) groups is 1. The maximum Gasteiger partial charge on any atom is 0.259 e. The lowest BCUT2D eigenvalue weighted by atomic mass is 10.1. The number of benzene rings is 1. The first kappa shape index (κ1) is 20.4. The molecule has 0 aliphatic rings. The largest absolute Gasteiger partial charge is 0.490 e. The second-order valence-corrected chi connectivity index (χ2v) is 6.29. The fourth-order valence-corrected chi connectivity index (χ4v) is 2.45. The summed E-state index contributed by atoms with van der Waals surface area (Å²) in [7, 11) is 0. The van der Waals surface area contributed by atoms with Gasteiger partial charge in [-0.1, -0.05) is 31.6 Å². The number of aryl methyl sites for hydroxylation is 2. The molecule has 0 bridgehead atoms. The Hall–Kier alpha value is -2.89. The van der Waals surface area contributed by atoms with Crippen LogP contribution in [0, 0.1) is 19.7 Å². The van der Waals surface area contributed by atoms with Crippen molar-refractivity contribution < 1.29 is 13.9 Å². The van der Waals surface area contributed by atoms with E-state index in [0.717, 1.165) is 24.1 Å². The highest BCUT2D eigenvalue weighted by Crippen LogP contribution is 2.26. The molecule has 1 heterocycles. The SMILES string of the molecule is CCCC=CCCOc1cccc(NC(=O)c2cc(C)c(C)nc2N)c1F. The number of nitrogens with zero attached hydrogens (tertiary/aromatic N) is 1. The molecule has 27 heavy (non-hydrogen) atoms. The van der Waals surface area contributed by atoms with Gasteiger partial charge in [-0.25, -0.2) is 9.37 Å². The maximum atomic E-state index is 14.6. The lowest BCUT2D eigenvalue weighted by Gasteiger charge is -2.12. The van der Waals surface area contributed by atoms with Gasteiger partial charge in [-0.05, 0) is 50.5 Å². The molecule has 0 radical (unpaired) electrons. The molecule has 1 aromatic heterocycles. The van der Waals surface area contributed by atoms with Crippen LogP contribution in [0.15, 0.2) is 36.4 Å². The number of carbonyl (C=O) groups excluding carboxylic acids is 1. The van der Waals surface area contributed by atoms with Crippen molar-refractivity contribution in [1.82, 2.24) is 4.98 Å². The Bertz CT molecular complexity index is 834. The fraction of sp³-hybridized carbons (Fsp3) is 0.333. The van der Waals surface area contributed by atoms with Gasteiger partial charge in [0.2, 0.25) is 0 Å². The van der Waals surface area contributed by atoms with Crippen molar-refractivity contribution in [2.24, 2.45) is 0 Å². The summed E-state index contributed by atoms with van der Waals surface area (Å²) in [4.78, 5) is 16.6. The van der Waals surface area contributed by atoms with Crippen LogP contribution in [0.25, 0.3) is 0 Å². The van der Waals surface area contributed by atoms with Gasteiger partial charge >= 0.3 is 0 Å². The Morgan fingerprint density at radius 3 is 2.78 bits per heavy atom. The molecule has 0 spiro atoms. The normalized spacial score (nSPS) is 11.0. The molecule has 0 saturated heterocycles. The number of nitrogens with two attached hydrogens (primary N) is 1. The lowest BCUT2D eigenvalue weighted by molar-refractivity contribution is 0.102. The molecule has 1 aromatic carbocycles. The van der Waals surface area contributed by atoms with Gasteiger partial charge in [-0.15, -0.1) is 0 Å². The van der Waals surface area contributed by atoms with Crippen LogP contribution < -0.4 is 15.8 Å². The van der Waals surface area contributed by atoms with E-state index in [1.807, 2.05) is 19.9 Å². The zero-order valence-electron chi connectivity index (χ0n) is 16.0. The van der Waals surface area contributed by atoms with Crippen molar-refractivity contribution in [3.63, 3.8) is 0 Å². The van der Waals surface area contributed by atoms with E-state index in [4.69, 9.17) is 10.5 Å². The molecule has 0 aliphatic carbocycles. The number of aromatic nitrogens is 1. The van der Waals surface area contributed by atoms with Crippen LogP contribution >= 0.6 is 0 Å². The Kier molecular flexibility index (Phi) is 7.34. The summed E-state index contributed by atoms with van der Waals surface area (Å²) in [6, 6.07) is 6.29. The molecule has 0 atom stereocenters. The average Bonchev–Trinajstić information content (AvgIpc) is 2.63. The van der Waals surface area contributed by atoms with Gasteiger partial charge in [-0.2, -0.15) is 0 Å². The number of ether oxygens (including phenoxy) is 1. The van der Waals surface area contributed by atoms with E-state index in [9.17, 15) is 9.18 Å². The first-order chi connectivity index (χ1) is 12.9. The monoisotopic (exact) mass is 371 g/mol. The number of rotatable bonds is 8. The quantitative estimate of drug-likeness (QED) is 0.516. The number of pyridine rings is 1. The lowest BCUT2D eigenvalue weighted by Crippen LogP contribution is -2.17. The molecular weight excluding hydrogens is 345 g/mol. The van der Waals surface area contributed by atoms with Crippen molar-refractivity contribution in [2.75, 3.05) is 17.7 Å². The number of unbranched alkanes of at least 4 members (excludes halogenated alkanes) is 1. The zero-order valence-corrected chi connectivity index (χ0v) is 16.0. The number of nitrogen functional groups attached to an aromatic ring is 1. The van der Waals surface area contributed by atoms with E-state index in [-0.39, 0.29) is 22.8 Å². The predicted molar refractivity (Wildman–Crippen MR) is 107 cm³/mol. The number of hydrogen-bond acceptors (Lipinski definition) is 4. The highest BCUT2D eigenvalue weighted by atomic mass is 19.1. The maximum absolute atomic E-state index is 14.6. The van der Waals surface area contributed by atoms with Gasteiger partial charge in [-0.3, -0.25) is 4.79 Å². The summed E-state index contributed by atoms with van der Waals surface area (Å²) in [5.41, 5.74) is 7.67. The summed E-state index contributed by atoms with van der Waals surface area (Å²) in [6.07, 6.45) is 6.91. The molecule has 0 saturated carbocycles. The zero-order chi connectivity index (χ0) is 19.8. The third-order valence-electron chi connectivity index (χ3n) is 4.12. The van der Waals surface area contributed by atoms with Crippen LogP contribution in [0.3, 0.4) is 0 Å². The Morgan fingerprint density at radius 1 is 1.30 bits per heavy atom. The molecule has 2 rings (SSSR count). The average molecular weight is 371 g/mol. The summed E-state index contributed by atoms with van der Waals surface area (Å²) in [5, 5.41) is 2.54. The molecule has 1 amide bonds. The molecule has 5 nitrogen and oxygen atoms in total. The van der Waals surface area contributed by atoms with Crippen LogP contribution in [0.5, 0.6) is 5.75 Å². The van der Waals surface area contributed by atoms with E-state index in [0.29, 0.717) is 13.0 Å². The minimum atomic E-state index is -0.612. The van der Waals surface area contributed by atoms with Gasteiger partial charge < -0.3 is 15.8 Å². The Labute approximate surface area is 159 Å². The van der Waals surface area contributed by atoms with Crippen LogP contribution in [-0.4, -0.2) is 17.5 Å². The minimum absolute atomic E-state index is 0.0386. The molecule has 0 unspecified atom stereocenters. The third-order valence-corrected chi connectivity index (χ3v) is 4.12. The Balaban J connectivity index is 2.07. The molecule has 0 aliphatic heterocycles. The van der Waals surface area contributed by atoms with Gasteiger partial charge in [0.25, 0.3) is 5.91 Å². The number of nitrogens with one attached hydrogen (secondary N) is 1. The van der Waals surface area contributed by atoms with Crippen LogP contribution in [0.4, 0.5) is 15.9 Å². The van der Waals surface area contributed by atoms with Crippen LogP contribution in [0.1, 0.15) is 47.8 Å². The number of allylic oxidation sites excluding steroid dienone is 1. The summed E-state index contributed by atoms with van der Waals surface area (Å²) in [5.74, 6) is -0.912. The van der Waals surface area contributed by atoms with E-state index in [2.05, 4.69) is 23.3 Å². The van der Waals surface area contributed by atoms with Crippen LogP contribution in [0.2, 0.25) is 0 Å². The van der Waals surface area contributed by atoms with E-state index in [1.54, 1.807) is 12.1 Å². The highest BCUT2D eigenvalue weighted by Gasteiger charge is 2.16. The molecule has 3 N–H and O–H groups in total. The predicted octanol–water partition coefficient (Wildman–Crippen LogP) is 4.80. The van der Waals surface area contributed by atoms with E-state index < -0.39 is 11.7 Å². The number of hydrogen-bond donors (Lipinski definition) is 2. The molecule has 144 valence electrons. The summed E-state index contributed by atoms with van der Waals surface area (Å²) in [6.45, 7) is 6.12. The number of amides is 1. The first-order valence-electron chi connectivity index (χ1n) is 9.05. The van der Waals surface area contributed by atoms with Gasteiger partial charge in [0, 0.05) is 5.69 Å². The fourth-order valence-electron chi connectivity index (χ4n) is 2.45. The van der Waals surface area contributed by atoms with Crippen molar-refractivity contribution in [3.8, 4) is 5.75 Å². The number of halogens is 1. The van der Waals surface area contributed by atoms with Crippen molar-refractivity contribution >= 4 is 17.4 Å². The van der Waals surface area contributed by atoms with Crippen molar-refractivity contribution in [1.29, 1.82) is 0 Å². The van der Waals surface area contributed by atoms with Gasteiger partial charge in [0.05, 0.1) is 17.9 Å². The molecular formula is C21H26FN3O2. The smallest absolute Gasteiger partial charge is 0.259 e. The van der Waals surface area contributed by atoms with Crippen molar-refractivity contribution in [3.05, 3.63) is 59.1 Å². The van der Waals surface area contributed by atoms with Crippen molar-refractivity contribution in [2.45, 2.75) is 40.0 Å². The van der Waals surface area contributed by atoms with E-state index in [1.165, 1.54) is 12.1 Å². The Morgan fingerprint density at radius 2 is 2.04 bits per heavy atom. The number of anilines is 2. The topological polar surface area (TPSA) is 77.2 Å². The van der Waals surface area contributed by atoms with Gasteiger partial charge in [0.1, 0.15) is 5.82 Å². The highest BCUT2D eigenvalue weighted by molar-refractivity contribution is 6.07. The second-order valence-electron chi connectivity index (χ2n) is 6.29. The molecule has 2 aromatic rings. The summed E-state index contributed by atoms with van der Waals surface area (Å²) >= 11 is 0. The first-order valence-corrected chi connectivity index (χ1v) is 9.05. The van der Waals surface area contributed by atoms with Gasteiger partial charge in [0.15, 0.2) is 11.6 Å². The standard InChI is InChI=1S/C21H26FN3O2/c1-4-5-6-7-8-12-27-18-11-9-10-17(19(18)22)25-21(26)16-13-14(2)15(3)24-20(16)23/h6-7,9-11,13H,4-5,8,12H2,1-3H3,(H2,23,24)(H,25,26).